The molecular formula is C28H35NO5. The van der Waals surface area contributed by atoms with Gasteiger partial charge in [0.25, 0.3) is 11.7 Å². The van der Waals surface area contributed by atoms with Crippen molar-refractivity contribution in [3.8, 4) is 5.75 Å². The number of methoxy groups -OCH3 is 1. The fraction of sp³-hybridized carbons (Fsp3) is 0.429. The Hall–Kier alpha value is -3.12. The highest BCUT2D eigenvalue weighted by molar-refractivity contribution is 6.46. The van der Waals surface area contributed by atoms with Gasteiger partial charge in [-0.25, -0.2) is 0 Å². The van der Waals surface area contributed by atoms with Gasteiger partial charge in [0.1, 0.15) is 11.5 Å². The zero-order valence-corrected chi connectivity index (χ0v) is 20.9. The van der Waals surface area contributed by atoms with Gasteiger partial charge in [0, 0.05) is 12.1 Å². The molecule has 182 valence electrons. The van der Waals surface area contributed by atoms with Crippen molar-refractivity contribution in [2.24, 2.45) is 0 Å². The van der Waals surface area contributed by atoms with E-state index >= 15 is 0 Å². The number of amides is 1. The van der Waals surface area contributed by atoms with Gasteiger partial charge in [0.15, 0.2) is 0 Å². The monoisotopic (exact) mass is 465 g/mol. The first kappa shape index (κ1) is 25.5. The number of ketones is 1. The number of aliphatic hydroxyl groups excluding tert-OH is 1. The molecule has 1 aliphatic heterocycles. The third kappa shape index (κ3) is 5.17. The van der Waals surface area contributed by atoms with Gasteiger partial charge in [0.05, 0.1) is 31.4 Å². The van der Waals surface area contributed by atoms with Gasteiger partial charge in [-0.15, -0.1) is 0 Å². The Bertz CT molecular complexity index is 1070. The maximum Gasteiger partial charge on any atom is 0.295 e. The van der Waals surface area contributed by atoms with E-state index in [1.54, 1.807) is 19.2 Å². The van der Waals surface area contributed by atoms with Crippen LogP contribution in [-0.4, -0.2) is 48.1 Å². The lowest BCUT2D eigenvalue weighted by Gasteiger charge is -2.26. The van der Waals surface area contributed by atoms with E-state index in [4.69, 9.17) is 9.47 Å². The van der Waals surface area contributed by atoms with Crippen LogP contribution in [0.3, 0.4) is 0 Å². The molecule has 3 rings (SSSR count). The number of benzene rings is 2. The average molecular weight is 466 g/mol. The number of hydrogen-bond acceptors (Lipinski definition) is 5. The summed E-state index contributed by atoms with van der Waals surface area (Å²) >= 11 is 0. The van der Waals surface area contributed by atoms with E-state index in [2.05, 4.69) is 6.92 Å². The minimum absolute atomic E-state index is 0.00728. The topological polar surface area (TPSA) is 76.1 Å². The van der Waals surface area contributed by atoms with E-state index < -0.39 is 17.7 Å². The summed E-state index contributed by atoms with van der Waals surface area (Å²) in [6.07, 6.45) is 0.889. The Labute approximate surface area is 202 Å². The van der Waals surface area contributed by atoms with E-state index in [0.29, 0.717) is 17.9 Å². The summed E-state index contributed by atoms with van der Waals surface area (Å²) in [5.41, 5.74) is 3.42. The van der Waals surface area contributed by atoms with Crippen molar-refractivity contribution in [1.82, 2.24) is 4.90 Å². The summed E-state index contributed by atoms with van der Waals surface area (Å²) in [7, 11) is 1.60. The SMILES string of the molecule is CCc1ccc(C2/C(=C(/O)c3ccc(OC)c(C(C)C)c3)C(=O)C(=O)N2CCOC(C)C)cc1. The normalized spacial score (nSPS) is 17.8. The number of hydrogen-bond donors (Lipinski definition) is 1. The van der Waals surface area contributed by atoms with Crippen molar-refractivity contribution < 1.29 is 24.2 Å². The third-order valence-corrected chi connectivity index (χ3v) is 6.15. The number of nitrogens with zero attached hydrogens (tertiary/aromatic N) is 1. The van der Waals surface area contributed by atoms with Crippen LogP contribution in [0.25, 0.3) is 5.76 Å². The molecule has 2 aromatic rings. The van der Waals surface area contributed by atoms with Crippen LogP contribution in [0.4, 0.5) is 0 Å². The van der Waals surface area contributed by atoms with Crippen molar-refractivity contribution in [1.29, 1.82) is 0 Å². The van der Waals surface area contributed by atoms with Crippen LogP contribution in [0.5, 0.6) is 5.75 Å². The number of carbonyl (C=O) groups excluding carboxylic acids is 2. The highest BCUT2D eigenvalue weighted by Crippen LogP contribution is 2.40. The van der Waals surface area contributed by atoms with E-state index in [0.717, 1.165) is 23.1 Å². The molecule has 34 heavy (non-hydrogen) atoms. The second kappa shape index (κ2) is 10.9. The maximum atomic E-state index is 13.2. The minimum atomic E-state index is -0.689. The van der Waals surface area contributed by atoms with Crippen molar-refractivity contribution in [2.45, 2.75) is 59.1 Å². The Morgan fingerprint density at radius 1 is 1.06 bits per heavy atom. The zero-order chi connectivity index (χ0) is 25.0. The molecule has 0 aromatic heterocycles. The highest BCUT2D eigenvalue weighted by atomic mass is 16.5. The number of rotatable bonds is 9. The van der Waals surface area contributed by atoms with Crippen molar-refractivity contribution in [2.75, 3.05) is 20.3 Å². The molecule has 0 radical (unpaired) electrons. The number of ether oxygens (including phenoxy) is 2. The van der Waals surface area contributed by atoms with Gasteiger partial charge in [-0.05, 0) is 61.1 Å². The molecule has 1 amide bonds. The van der Waals surface area contributed by atoms with Gasteiger partial charge in [0.2, 0.25) is 0 Å². The fourth-order valence-electron chi connectivity index (χ4n) is 4.27. The van der Waals surface area contributed by atoms with Crippen LogP contribution in [0, 0.1) is 0 Å². The first-order chi connectivity index (χ1) is 16.2. The highest BCUT2D eigenvalue weighted by Gasteiger charge is 2.46. The number of carbonyl (C=O) groups is 2. The number of likely N-dealkylation sites (tertiary alicyclic amines) is 1. The predicted molar refractivity (Wildman–Crippen MR) is 133 cm³/mol. The van der Waals surface area contributed by atoms with Crippen LogP contribution < -0.4 is 4.74 Å². The largest absolute Gasteiger partial charge is 0.507 e. The Kier molecular flexibility index (Phi) is 8.15. The molecule has 1 N–H and O–H groups in total. The van der Waals surface area contributed by atoms with Crippen LogP contribution in [0.1, 0.15) is 68.8 Å². The standard InChI is InChI=1S/C28H35NO5/c1-7-19-8-10-20(11-9-19)25-24(27(31)28(32)29(25)14-15-34-18(4)5)26(30)21-12-13-23(33-6)22(16-21)17(2)3/h8-13,16-18,25,30H,7,14-15H2,1-6H3/b26-24-. The summed E-state index contributed by atoms with van der Waals surface area (Å²) in [5.74, 6) is -0.635. The van der Waals surface area contributed by atoms with E-state index in [-0.39, 0.29) is 29.9 Å². The van der Waals surface area contributed by atoms with Gasteiger partial charge >= 0.3 is 0 Å². The van der Waals surface area contributed by atoms with Crippen LogP contribution >= 0.6 is 0 Å². The summed E-state index contributed by atoms with van der Waals surface area (Å²) < 4.78 is 11.1. The van der Waals surface area contributed by atoms with Crippen molar-refractivity contribution in [3.63, 3.8) is 0 Å². The number of Topliss-reactive ketones (excluding diaryl/α,β-unsaturated/α-hetero) is 1. The molecule has 1 unspecified atom stereocenters. The Morgan fingerprint density at radius 3 is 2.29 bits per heavy atom. The molecule has 0 spiro atoms. The fourth-order valence-corrected chi connectivity index (χ4v) is 4.27. The molecule has 1 fully saturated rings. The Balaban J connectivity index is 2.13. The number of aliphatic hydroxyl groups is 1. The molecule has 0 bridgehead atoms. The van der Waals surface area contributed by atoms with E-state index in [1.165, 1.54) is 4.90 Å². The molecule has 0 aliphatic carbocycles. The quantitative estimate of drug-likeness (QED) is 0.312. The molecule has 6 nitrogen and oxygen atoms in total. The lowest BCUT2D eigenvalue weighted by molar-refractivity contribution is -0.140. The number of aryl methyl sites for hydroxylation is 1. The van der Waals surface area contributed by atoms with Crippen LogP contribution in [-0.2, 0) is 20.7 Å². The molecule has 1 atom stereocenters. The smallest absolute Gasteiger partial charge is 0.295 e. The third-order valence-electron chi connectivity index (χ3n) is 6.15. The van der Waals surface area contributed by atoms with E-state index in [1.807, 2.05) is 58.0 Å². The van der Waals surface area contributed by atoms with Crippen molar-refractivity contribution in [3.05, 3.63) is 70.3 Å². The Morgan fingerprint density at radius 2 is 1.74 bits per heavy atom. The lowest BCUT2D eigenvalue weighted by Crippen LogP contribution is -2.33. The van der Waals surface area contributed by atoms with Gasteiger partial charge in [-0.2, -0.15) is 0 Å². The lowest BCUT2D eigenvalue weighted by atomic mass is 9.92. The second-order valence-corrected chi connectivity index (χ2v) is 9.12. The molecule has 6 heteroatoms. The molecule has 1 aliphatic rings. The predicted octanol–water partition coefficient (Wildman–Crippen LogP) is 5.23. The molecule has 0 saturated carbocycles. The summed E-state index contributed by atoms with van der Waals surface area (Å²) in [6, 6.07) is 12.5. The van der Waals surface area contributed by atoms with E-state index in [9.17, 15) is 14.7 Å². The molecular weight excluding hydrogens is 430 g/mol. The minimum Gasteiger partial charge on any atom is -0.507 e. The van der Waals surface area contributed by atoms with Gasteiger partial charge < -0.3 is 19.5 Å². The molecule has 1 saturated heterocycles. The summed E-state index contributed by atoms with van der Waals surface area (Å²) in [4.78, 5) is 27.8. The van der Waals surface area contributed by atoms with Gasteiger partial charge in [-0.1, -0.05) is 45.0 Å². The van der Waals surface area contributed by atoms with Crippen LogP contribution in [0.2, 0.25) is 0 Å². The average Bonchev–Trinajstić information content (AvgIpc) is 3.08. The van der Waals surface area contributed by atoms with Crippen LogP contribution in [0.15, 0.2) is 48.0 Å². The van der Waals surface area contributed by atoms with Gasteiger partial charge in [-0.3, -0.25) is 9.59 Å². The van der Waals surface area contributed by atoms with Crippen molar-refractivity contribution >= 4 is 17.4 Å². The summed E-state index contributed by atoms with van der Waals surface area (Å²) in [5, 5.41) is 11.4. The second-order valence-electron chi connectivity index (χ2n) is 9.12. The molecule has 1 heterocycles. The summed E-state index contributed by atoms with van der Waals surface area (Å²) in [6.45, 7) is 10.5. The maximum absolute atomic E-state index is 13.2. The first-order valence-corrected chi connectivity index (χ1v) is 11.9. The first-order valence-electron chi connectivity index (χ1n) is 11.9. The molecule has 2 aromatic carbocycles. The zero-order valence-electron chi connectivity index (χ0n) is 20.9.